The van der Waals surface area contributed by atoms with Gasteiger partial charge in [0.25, 0.3) is 0 Å². The minimum absolute atomic E-state index is 0.372. The Bertz CT molecular complexity index is 606. The lowest BCUT2D eigenvalue weighted by atomic mass is 10.0. The van der Waals surface area contributed by atoms with Crippen molar-refractivity contribution in [1.82, 2.24) is 0 Å². The largest absolute Gasteiger partial charge is 0.490 e. The van der Waals surface area contributed by atoms with Gasteiger partial charge in [0.15, 0.2) is 0 Å². The molecule has 0 bridgehead atoms. The van der Waals surface area contributed by atoms with Crippen molar-refractivity contribution >= 4 is 23.2 Å². The molecular weight excluding hydrogens is 295 g/mol. The van der Waals surface area contributed by atoms with Crippen LogP contribution in [0.1, 0.15) is 30.1 Å². The van der Waals surface area contributed by atoms with E-state index in [9.17, 15) is 5.11 Å². The van der Waals surface area contributed by atoms with Gasteiger partial charge in [-0.25, -0.2) is 0 Å². The first kappa shape index (κ1) is 13.7. The quantitative estimate of drug-likeness (QED) is 0.893. The normalized spacial score (nSPS) is 15.9. The number of ether oxygens (including phenoxy) is 1. The predicted octanol–water partition coefficient (Wildman–Crippen LogP) is 4.62. The van der Waals surface area contributed by atoms with Gasteiger partial charge >= 0.3 is 0 Å². The number of benzene rings is 2. The Morgan fingerprint density at radius 1 is 1.05 bits per heavy atom. The van der Waals surface area contributed by atoms with Crippen LogP contribution in [-0.2, 0) is 0 Å². The lowest BCUT2D eigenvalue weighted by Gasteiger charge is -2.14. The van der Waals surface area contributed by atoms with Crippen molar-refractivity contribution in [3.63, 3.8) is 0 Å². The molecule has 1 saturated carbocycles. The highest BCUT2D eigenvalue weighted by Gasteiger charge is 2.23. The number of hydrogen-bond acceptors (Lipinski definition) is 2. The van der Waals surface area contributed by atoms with E-state index in [1.54, 1.807) is 18.2 Å². The smallest absolute Gasteiger partial charge is 0.119 e. The maximum atomic E-state index is 10.4. The number of hydrogen-bond donors (Lipinski definition) is 1. The van der Waals surface area contributed by atoms with E-state index in [0.29, 0.717) is 21.7 Å². The zero-order valence-electron chi connectivity index (χ0n) is 10.7. The first-order valence-corrected chi connectivity index (χ1v) is 7.29. The molecule has 0 aliphatic heterocycles. The molecule has 2 nitrogen and oxygen atoms in total. The molecule has 2 aromatic rings. The molecule has 0 spiro atoms. The molecule has 1 aliphatic carbocycles. The van der Waals surface area contributed by atoms with Crippen LogP contribution in [-0.4, -0.2) is 11.2 Å². The molecule has 0 aromatic heterocycles. The summed E-state index contributed by atoms with van der Waals surface area (Å²) in [6, 6.07) is 12.6. The molecule has 2 aromatic carbocycles. The predicted molar refractivity (Wildman–Crippen MR) is 80.6 cm³/mol. The van der Waals surface area contributed by atoms with Gasteiger partial charge < -0.3 is 9.84 Å². The fourth-order valence-electron chi connectivity index (χ4n) is 2.01. The van der Waals surface area contributed by atoms with Crippen LogP contribution in [0, 0.1) is 0 Å². The minimum atomic E-state index is -0.769. The summed E-state index contributed by atoms with van der Waals surface area (Å²) < 4.78 is 5.68. The van der Waals surface area contributed by atoms with E-state index in [1.807, 2.05) is 24.3 Å². The first-order valence-electron chi connectivity index (χ1n) is 6.53. The van der Waals surface area contributed by atoms with Crippen LogP contribution in [0.4, 0.5) is 0 Å². The van der Waals surface area contributed by atoms with Gasteiger partial charge in [-0.3, -0.25) is 0 Å². The van der Waals surface area contributed by atoms with E-state index < -0.39 is 6.10 Å². The van der Waals surface area contributed by atoms with E-state index in [-0.39, 0.29) is 0 Å². The summed E-state index contributed by atoms with van der Waals surface area (Å²) >= 11 is 12.0. The van der Waals surface area contributed by atoms with E-state index in [4.69, 9.17) is 27.9 Å². The Labute approximate surface area is 127 Å². The molecule has 0 amide bonds. The third kappa shape index (κ3) is 3.09. The number of halogens is 2. The zero-order chi connectivity index (χ0) is 14.1. The van der Waals surface area contributed by atoms with E-state index in [1.165, 1.54) is 0 Å². The SMILES string of the molecule is OC(c1ccc(OC2CC2)cc1)c1ccc(Cl)cc1Cl. The van der Waals surface area contributed by atoms with Gasteiger partial charge in [-0.1, -0.05) is 41.4 Å². The number of aliphatic hydroxyl groups excluding tert-OH is 1. The first-order chi connectivity index (χ1) is 9.63. The number of aliphatic hydroxyl groups is 1. The average molecular weight is 309 g/mol. The van der Waals surface area contributed by atoms with Gasteiger partial charge in [0.05, 0.1) is 6.10 Å². The molecule has 1 N–H and O–H groups in total. The molecule has 1 fully saturated rings. The third-order valence-electron chi connectivity index (χ3n) is 3.28. The summed E-state index contributed by atoms with van der Waals surface area (Å²) in [6.45, 7) is 0. The van der Waals surface area contributed by atoms with E-state index in [0.717, 1.165) is 24.2 Å². The molecule has 1 unspecified atom stereocenters. The summed E-state index contributed by atoms with van der Waals surface area (Å²) in [5.74, 6) is 0.839. The highest BCUT2D eigenvalue weighted by molar-refractivity contribution is 6.35. The van der Waals surface area contributed by atoms with Crippen LogP contribution >= 0.6 is 23.2 Å². The third-order valence-corrected chi connectivity index (χ3v) is 3.84. The summed E-state index contributed by atoms with van der Waals surface area (Å²) in [5, 5.41) is 11.4. The van der Waals surface area contributed by atoms with Gasteiger partial charge in [-0.2, -0.15) is 0 Å². The topological polar surface area (TPSA) is 29.5 Å². The van der Waals surface area contributed by atoms with Gasteiger partial charge in [-0.05, 0) is 42.7 Å². The Morgan fingerprint density at radius 2 is 1.75 bits per heavy atom. The van der Waals surface area contributed by atoms with Crippen molar-refractivity contribution in [2.45, 2.75) is 25.0 Å². The van der Waals surface area contributed by atoms with Crippen LogP contribution in [0.5, 0.6) is 5.75 Å². The van der Waals surface area contributed by atoms with Crippen LogP contribution in [0.25, 0.3) is 0 Å². The second-order valence-corrected chi connectivity index (χ2v) is 5.80. The van der Waals surface area contributed by atoms with Crippen molar-refractivity contribution < 1.29 is 9.84 Å². The summed E-state index contributed by atoms with van der Waals surface area (Å²) in [7, 11) is 0. The molecule has 1 aliphatic rings. The zero-order valence-corrected chi connectivity index (χ0v) is 12.2. The molecule has 4 heteroatoms. The summed E-state index contributed by atoms with van der Waals surface area (Å²) in [6.07, 6.45) is 1.86. The fraction of sp³-hybridized carbons (Fsp3) is 0.250. The molecule has 0 heterocycles. The van der Waals surface area contributed by atoms with Gasteiger partial charge in [-0.15, -0.1) is 0 Å². The molecular formula is C16H14Cl2O2. The molecule has 3 rings (SSSR count). The second kappa shape index (κ2) is 5.65. The van der Waals surface area contributed by atoms with Gasteiger partial charge in [0.1, 0.15) is 11.9 Å². The lowest BCUT2D eigenvalue weighted by Crippen LogP contribution is -2.01. The highest BCUT2D eigenvalue weighted by Crippen LogP contribution is 2.32. The highest BCUT2D eigenvalue weighted by atomic mass is 35.5. The maximum Gasteiger partial charge on any atom is 0.119 e. The Morgan fingerprint density at radius 3 is 2.35 bits per heavy atom. The van der Waals surface area contributed by atoms with Crippen molar-refractivity contribution in [2.24, 2.45) is 0 Å². The molecule has 104 valence electrons. The summed E-state index contributed by atoms with van der Waals surface area (Å²) in [4.78, 5) is 0. The lowest BCUT2D eigenvalue weighted by molar-refractivity contribution is 0.220. The van der Waals surface area contributed by atoms with Crippen molar-refractivity contribution in [3.05, 3.63) is 63.6 Å². The fourth-order valence-corrected chi connectivity index (χ4v) is 2.52. The second-order valence-electron chi connectivity index (χ2n) is 4.95. The van der Waals surface area contributed by atoms with Crippen LogP contribution in [0.2, 0.25) is 10.0 Å². The Hall–Kier alpha value is -1.22. The average Bonchev–Trinajstić information content (AvgIpc) is 3.23. The number of rotatable bonds is 4. The Balaban J connectivity index is 1.80. The standard InChI is InChI=1S/C16H14Cl2O2/c17-11-3-8-14(15(18)9-11)16(19)10-1-4-12(5-2-10)20-13-6-7-13/h1-5,8-9,13,16,19H,6-7H2. The van der Waals surface area contributed by atoms with Gasteiger partial charge in [0, 0.05) is 15.6 Å². The summed E-state index contributed by atoms with van der Waals surface area (Å²) in [5.41, 5.74) is 1.42. The van der Waals surface area contributed by atoms with Crippen molar-refractivity contribution in [1.29, 1.82) is 0 Å². The van der Waals surface area contributed by atoms with Crippen molar-refractivity contribution in [2.75, 3.05) is 0 Å². The van der Waals surface area contributed by atoms with Crippen LogP contribution in [0.15, 0.2) is 42.5 Å². The van der Waals surface area contributed by atoms with E-state index >= 15 is 0 Å². The van der Waals surface area contributed by atoms with E-state index in [2.05, 4.69) is 0 Å². The minimum Gasteiger partial charge on any atom is -0.490 e. The molecule has 20 heavy (non-hydrogen) atoms. The monoisotopic (exact) mass is 308 g/mol. The van der Waals surface area contributed by atoms with Crippen LogP contribution < -0.4 is 4.74 Å². The Kier molecular flexibility index (Phi) is 3.88. The molecule has 1 atom stereocenters. The van der Waals surface area contributed by atoms with Crippen LogP contribution in [0.3, 0.4) is 0 Å². The molecule has 0 radical (unpaired) electrons. The maximum absolute atomic E-state index is 10.4. The van der Waals surface area contributed by atoms with Gasteiger partial charge in [0.2, 0.25) is 0 Å². The molecule has 0 saturated heterocycles. The van der Waals surface area contributed by atoms with Crippen molar-refractivity contribution in [3.8, 4) is 5.75 Å².